The molecule has 2 atom stereocenters. The van der Waals surface area contributed by atoms with E-state index in [9.17, 15) is 18.4 Å². The highest BCUT2D eigenvalue weighted by Gasteiger charge is 2.45. The van der Waals surface area contributed by atoms with Crippen LogP contribution in [0.4, 0.5) is 13.6 Å². The third-order valence-electron chi connectivity index (χ3n) is 5.66. The molecule has 2 rings (SSSR count). The third-order valence-corrected chi connectivity index (χ3v) is 6.15. The number of nitrogens with zero attached hydrogens (tertiary/aromatic N) is 2. The van der Waals surface area contributed by atoms with Gasteiger partial charge in [0, 0.05) is 36.7 Å². The van der Waals surface area contributed by atoms with Gasteiger partial charge in [0.15, 0.2) is 0 Å². The predicted molar refractivity (Wildman–Crippen MR) is 143 cm³/mol. The first-order valence-corrected chi connectivity index (χ1v) is 13.2. The van der Waals surface area contributed by atoms with Crippen molar-refractivity contribution in [3.8, 4) is 0 Å². The second-order valence-corrected chi connectivity index (χ2v) is 10.9. The molecule has 3 N–H and O–H groups in total. The van der Waals surface area contributed by atoms with Crippen molar-refractivity contribution >= 4 is 27.9 Å². The molecule has 0 bridgehead atoms. The molecule has 8 nitrogen and oxygen atoms in total. The quantitative estimate of drug-likeness (QED) is 0.250. The summed E-state index contributed by atoms with van der Waals surface area (Å²) in [6.45, 7) is 11.5. The van der Waals surface area contributed by atoms with E-state index in [0.717, 1.165) is 16.5 Å². The lowest BCUT2D eigenvalue weighted by Gasteiger charge is -2.39. The Balaban J connectivity index is 1.99. The smallest absolute Gasteiger partial charge is 0.408 e. The molecule has 2 amide bonds. The normalized spacial score (nSPS) is 19.0. The van der Waals surface area contributed by atoms with E-state index in [1.807, 2.05) is 11.8 Å². The van der Waals surface area contributed by atoms with Crippen LogP contribution in [0.1, 0.15) is 63.9 Å². The molecule has 0 spiro atoms. The molecule has 0 saturated carbocycles. The molecule has 37 heavy (non-hydrogen) atoms. The molecular weight excluding hydrogens is 548 g/mol. The fourth-order valence-corrected chi connectivity index (χ4v) is 4.30. The van der Waals surface area contributed by atoms with Crippen molar-refractivity contribution in [3.63, 3.8) is 0 Å². The number of ether oxygens (including phenoxy) is 1. The molecule has 0 aliphatic carbocycles. The number of carbonyl (C=O) groups excluding carboxylic acids is 2. The van der Waals surface area contributed by atoms with Crippen LogP contribution >= 0.6 is 15.9 Å². The van der Waals surface area contributed by atoms with Crippen molar-refractivity contribution in [2.75, 3.05) is 19.6 Å². The summed E-state index contributed by atoms with van der Waals surface area (Å²) in [7, 11) is 0. The summed E-state index contributed by atoms with van der Waals surface area (Å²) in [5.74, 6) is -3.35. The SMILES string of the molecule is C=CNC(CC/C(=C\CC)CN1CCC(F)(F)[C@H](NC(=O)OC(C)(C)C)C1)NC(=O)c1cc(Br)ccn1. The number of pyridine rings is 1. The van der Waals surface area contributed by atoms with Crippen LogP contribution in [0.15, 0.2) is 47.2 Å². The monoisotopic (exact) mass is 585 g/mol. The highest BCUT2D eigenvalue weighted by molar-refractivity contribution is 9.10. The number of rotatable bonds is 11. The summed E-state index contributed by atoms with van der Waals surface area (Å²) < 4.78 is 35.1. The van der Waals surface area contributed by atoms with Crippen molar-refractivity contribution < 1.29 is 23.1 Å². The number of nitrogens with one attached hydrogen (secondary N) is 3. The van der Waals surface area contributed by atoms with Crippen LogP contribution in [0.3, 0.4) is 0 Å². The first-order valence-electron chi connectivity index (χ1n) is 12.4. The maximum Gasteiger partial charge on any atom is 0.408 e. The molecule has 1 aliphatic heterocycles. The van der Waals surface area contributed by atoms with Gasteiger partial charge >= 0.3 is 6.09 Å². The standard InChI is InChI=1S/C26H38BrF2N5O3/c1-6-8-18(9-10-22(30-7-2)33-23(35)20-15-19(27)11-13-31-20)16-34-14-12-26(28,29)21(17-34)32-24(36)37-25(3,4)5/h7-8,11,13,15,21-22,30H,2,6,9-10,12,14,16-17H2,1,3-5H3,(H,32,36)(H,33,35)/b18-8+/t21-,22?/m1/s1. The molecule has 2 heterocycles. The summed E-state index contributed by atoms with van der Waals surface area (Å²) in [6, 6.07) is 2.03. The van der Waals surface area contributed by atoms with Crippen LogP contribution in [0.2, 0.25) is 0 Å². The van der Waals surface area contributed by atoms with Gasteiger partial charge in [0.25, 0.3) is 11.8 Å². The zero-order valence-corrected chi connectivity index (χ0v) is 23.5. The highest BCUT2D eigenvalue weighted by atomic mass is 79.9. The minimum absolute atomic E-state index is 0.00687. The van der Waals surface area contributed by atoms with Crippen LogP contribution in [-0.2, 0) is 4.74 Å². The Labute approximate surface area is 226 Å². The molecule has 11 heteroatoms. The lowest BCUT2D eigenvalue weighted by atomic mass is 9.99. The molecule has 206 valence electrons. The van der Waals surface area contributed by atoms with Crippen molar-refractivity contribution in [2.45, 2.75) is 77.1 Å². The molecule has 1 aromatic rings. The summed E-state index contributed by atoms with van der Waals surface area (Å²) in [4.78, 5) is 30.8. The Kier molecular flexibility index (Phi) is 11.5. The highest BCUT2D eigenvalue weighted by Crippen LogP contribution is 2.29. The fraction of sp³-hybridized carbons (Fsp3) is 0.577. The van der Waals surface area contributed by atoms with Gasteiger partial charge in [-0.1, -0.05) is 41.1 Å². The summed E-state index contributed by atoms with van der Waals surface area (Å²) in [6.07, 6.45) is 5.51. The topological polar surface area (TPSA) is 95.6 Å². The Morgan fingerprint density at radius 2 is 2.14 bits per heavy atom. The second-order valence-electron chi connectivity index (χ2n) is 10.0. The van der Waals surface area contributed by atoms with Crippen LogP contribution in [0.5, 0.6) is 0 Å². The maximum absolute atomic E-state index is 14.6. The van der Waals surface area contributed by atoms with E-state index in [-0.39, 0.29) is 31.1 Å². The van der Waals surface area contributed by atoms with E-state index in [4.69, 9.17) is 4.74 Å². The van der Waals surface area contributed by atoms with Crippen LogP contribution < -0.4 is 16.0 Å². The molecule has 1 aliphatic rings. The Bertz CT molecular complexity index is 968. The van der Waals surface area contributed by atoms with Crippen LogP contribution in [0.25, 0.3) is 0 Å². The maximum atomic E-state index is 14.6. The van der Waals surface area contributed by atoms with E-state index < -0.39 is 29.8 Å². The number of amides is 2. The first-order chi connectivity index (χ1) is 17.3. The molecule has 1 aromatic heterocycles. The lowest BCUT2D eigenvalue weighted by molar-refractivity contribution is -0.0831. The fourth-order valence-electron chi connectivity index (χ4n) is 3.96. The molecule has 0 radical (unpaired) electrons. The number of allylic oxidation sites excluding steroid dienone is 1. The third kappa shape index (κ3) is 10.8. The summed E-state index contributed by atoms with van der Waals surface area (Å²) in [5.41, 5.74) is 0.574. The first kappa shape index (κ1) is 30.7. The lowest BCUT2D eigenvalue weighted by Crippen LogP contribution is -2.59. The van der Waals surface area contributed by atoms with Gasteiger partial charge < -0.3 is 20.7 Å². The minimum Gasteiger partial charge on any atom is -0.444 e. The number of hydrogen-bond donors (Lipinski definition) is 3. The van der Waals surface area contributed by atoms with E-state index >= 15 is 0 Å². The second kappa shape index (κ2) is 13.9. The van der Waals surface area contributed by atoms with E-state index in [1.165, 1.54) is 6.20 Å². The number of aromatic nitrogens is 1. The molecule has 0 aromatic carbocycles. The van der Waals surface area contributed by atoms with Gasteiger partial charge in [-0.05, 0) is 58.4 Å². The van der Waals surface area contributed by atoms with Gasteiger partial charge in [-0.3, -0.25) is 14.7 Å². The Hall–Kier alpha value is -2.53. The molecular formula is C26H38BrF2N5O3. The van der Waals surface area contributed by atoms with Gasteiger partial charge in [-0.25, -0.2) is 13.6 Å². The number of alkyl halides is 2. The van der Waals surface area contributed by atoms with Crippen molar-refractivity contribution in [1.29, 1.82) is 0 Å². The zero-order valence-electron chi connectivity index (χ0n) is 22.0. The van der Waals surface area contributed by atoms with Gasteiger partial charge in [0.05, 0.1) is 6.17 Å². The minimum atomic E-state index is -3.02. The van der Waals surface area contributed by atoms with Crippen molar-refractivity contribution in [2.24, 2.45) is 0 Å². The van der Waals surface area contributed by atoms with Gasteiger partial charge in [-0.15, -0.1) is 0 Å². The van der Waals surface area contributed by atoms with E-state index in [1.54, 1.807) is 39.1 Å². The largest absolute Gasteiger partial charge is 0.444 e. The van der Waals surface area contributed by atoms with Gasteiger partial charge in [0.2, 0.25) is 0 Å². The number of likely N-dealkylation sites (tertiary alicyclic amines) is 1. The van der Waals surface area contributed by atoms with Crippen molar-refractivity contribution in [3.05, 3.63) is 52.9 Å². The molecule has 1 saturated heterocycles. The van der Waals surface area contributed by atoms with Crippen LogP contribution in [-0.4, -0.2) is 65.2 Å². The Morgan fingerprint density at radius 1 is 1.41 bits per heavy atom. The van der Waals surface area contributed by atoms with Gasteiger partial charge in [-0.2, -0.15) is 0 Å². The molecule has 1 fully saturated rings. The van der Waals surface area contributed by atoms with Crippen LogP contribution in [0, 0.1) is 0 Å². The summed E-state index contributed by atoms with van der Waals surface area (Å²) >= 11 is 3.34. The van der Waals surface area contributed by atoms with E-state index in [2.05, 4.69) is 49.5 Å². The average Bonchev–Trinajstić information content (AvgIpc) is 2.78. The average molecular weight is 587 g/mol. The van der Waals surface area contributed by atoms with Gasteiger partial charge in [0.1, 0.15) is 17.3 Å². The zero-order chi connectivity index (χ0) is 27.6. The number of carbonyl (C=O) groups is 2. The molecule has 1 unspecified atom stereocenters. The number of piperidine rings is 1. The number of hydrogen-bond acceptors (Lipinski definition) is 6. The van der Waals surface area contributed by atoms with Crippen molar-refractivity contribution in [1.82, 2.24) is 25.8 Å². The number of halogens is 3. The summed E-state index contributed by atoms with van der Waals surface area (Å²) in [5, 5.41) is 8.32. The number of alkyl carbamates (subject to hydrolysis) is 1. The Morgan fingerprint density at radius 3 is 2.76 bits per heavy atom. The van der Waals surface area contributed by atoms with E-state index in [0.29, 0.717) is 19.4 Å². The predicted octanol–water partition coefficient (Wildman–Crippen LogP) is 4.98.